The first kappa shape index (κ1) is 17.6. The summed E-state index contributed by atoms with van der Waals surface area (Å²) in [7, 11) is 0. The lowest BCUT2D eigenvalue weighted by atomic mass is 9.79. The summed E-state index contributed by atoms with van der Waals surface area (Å²) in [5, 5.41) is 1.52. The monoisotopic (exact) mass is 383 g/mol. The number of anilines is 1. The molecule has 1 amide bonds. The Hall–Kier alpha value is -1.84. The normalized spacial score (nSPS) is 18.8. The van der Waals surface area contributed by atoms with Crippen LogP contribution in [0.2, 0.25) is 5.02 Å². The molecule has 4 heteroatoms. The molecule has 0 aliphatic carbocycles. The Morgan fingerprint density at radius 1 is 1.23 bits per heavy atom. The van der Waals surface area contributed by atoms with Crippen LogP contribution in [-0.4, -0.2) is 11.4 Å². The van der Waals surface area contributed by atoms with Crippen molar-refractivity contribution in [2.24, 2.45) is 0 Å². The Balaban J connectivity index is 1.88. The molecule has 0 bridgehead atoms. The molecule has 1 aliphatic heterocycles. The van der Waals surface area contributed by atoms with Gasteiger partial charge in [-0.2, -0.15) is 0 Å². The summed E-state index contributed by atoms with van der Waals surface area (Å²) in [6.07, 6.45) is 0.928. The molecule has 2 heterocycles. The molecule has 0 fully saturated rings. The average molecular weight is 384 g/mol. The number of nitrogens with zero attached hydrogens (tertiary/aromatic N) is 1. The van der Waals surface area contributed by atoms with Crippen molar-refractivity contribution in [3.8, 4) is 0 Å². The molecule has 1 aromatic heterocycles. The van der Waals surface area contributed by atoms with Gasteiger partial charge in [0.2, 0.25) is 0 Å². The van der Waals surface area contributed by atoms with Crippen molar-refractivity contribution in [1.29, 1.82) is 0 Å². The van der Waals surface area contributed by atoms with E-state index in [0.717, 1.165) is 22.2 Å². The molecule has 0 N–H and O–H groups in total. The van der Waals surface area contributed by atoms with Crippen molar-refractivity contribution in [2.45, 2.75) is 45.6 Å². The third kappa shape index (κ3) is 2.65. The van der Waals surface area contributed by atoms with E-state index in [4.69, 9.17) is 11.6 Å². The summed E-state index contributed by atoms with van der Waals surface area (Å²) < 4.78 is 1.05. The van der Waals surface area contributed by atoms with Gasteiger partial charge in [0.05, 0.1) is 5.02 Å². The number of aryl methyl sites for hydroxylation is 1. The van der Waals surface area contributed by atoms with Gasteiger partial charge in [-0.3, -0.25) is 4.79 Å². The highest BCUT2D eigenvalue weighted by molar-refractivity contribution is 7.21. The van der Waals surface area contributed by atoms with E-state index in [9.17, 15) is 4.79 Å². The fourth-order valence-electron chi connectivity index (χ4n) is 4.19. The van der Waals surface area contributed by atoms with E-state index < -0.39 is 0 Å². The number of benzene rings is 2. The summed E-state index contributed by atoms with van der Waals surface area (Å²) in [5.74, 6) is 0.417. The molecule has 4 rings (SSSR count). The molecule has 0 radical (unpaired) electrons. The van der Waals surface area contributed by atoms with Crippen LogP contribution >= 0.6 is 22.9 Å². The van der Waals surface area contributed by atoms with Crippen LogP contribution in [0.4, 0.5) is 5.69 Å². The number of rotatable bonds is 1. The number of amides is 1. The minimum absolute atomic E-state index is 0.00166. The highest BCUT2D eigenvalue weighted by Crippen LogP contribution is 2.46. The molecule has 134 valence electrons. The highest BCUT2D eigenvalue weighted by Gasteiger charge is 2.41. The van der Waals surface area contributed by atoms with Crippen LogP contribution in [0, 0.1) is 6.92 Å². The molecule has 0 saturated carbocycles. The molecule has 0 spiro atoms. The number of carbonyl (C=O) groups is 1. The molecule has 1 atom stereocenters. The SMILES string of the molecule is Cc1ccc2c(c1)[C@H](C)CC(C)(C)N2C(=O)c1sc2ccccc2c1Cl. The van der Waals surface area contributed by atoms with Crippen LogP contribution in [-0.2, 0) is 0 Å². The molecule has 2 aromatic carbocycles. The topological polar surface area (TPSA) is 20.3 Å². The number of carbonyl (C=O) groups excluding carboxylic acids is 1. The second kappa shape index (κ2) is 6.11. The third-order valence-corrected chi connectivity index (χ3v) is 6.96. The summed E-state index contributed by atoms with van der Waals surface area (Å²) in [6, 6.07) is 14.3. The predicted octanol–water partition coefficient (Wildman–Crippen LogP) is 6.80. The minimum atomic E-state index is -0.266. The Labute approximate surface area is 163 Å². The zero-order valence-electron chi connectivity index (χ0n) is 15.5. The standard InChI is InChI=1S/C22H22ClNOS/c1-13-9-10-17-16(11-13)14(2)12-22(3,4)24(17)21(25)20-19(23)15-7-5-6-8-18(15)26-20/h5-11,14H,12H2,1-4H3/t14-/m1/s1. The van der Waals surface area contributed by atoms with Crippen LogP contribution in [0.15, 0.2) is 42.5 Å². The fraction of sp³-hybridized carbons (Fsp3) is 0.318. The molecule has 0 saturated heterocycles. The zero-order valence-corrected chi connectivity index (χ0v) is 17.0. The average Bonchev–Trinajstić information content (AvgIpc) is 2.92. The Morgan fingerprint density at radius 3 is 2.69 bits per heavy atom. The van der Waals surface area contributed by atoms with Crippen LogP contribution in [0.25, 0.3) is 10.1 Å². The van der Waals surface area contributed by atoms with Gasteiger partial charge in [0, 0.05) is 21.3 Å². The number of thiophene rings is 1. The van der Waals surface area contributed by atoms with Crippen molar-refractivity contribution in [3.63, 3.8) is 0 Å². The Kier molecular flexibility index (Phi) is 4.13. The maximum atomic E-state index is 13.6. The lowest BCUT2D eigenvalue weighted by Crippen LogP contribution is -2.51. The van der Waals surface area contributed by atoms with Gasteiger partial charge in [-0.1, -0.05) is 54.4 Å². The molecule has 0 unspecified atom stereocenters. The lowest BCUT2D eigenvalue weighted by Gasteiger charge is -2.46. The lowest BCUT2D eigenvalue weighted by molar-refractivity contribution is 0.0958. The molecule has 2 nitrogen and oxygen atoms in total. The number of hydrogen-bond acceptors (Lipinski definition) is 2. The van der Waals surface area contributed by atoms with Gasteiger partial charge in [-0.25, -0.2) is 0 Å². The van der Waals surface area contributed by atoms with Crippen LogP contribution in [0.5, 0.6) is 0 Å². The summed E-state index contributed by atoms with van der Waals surface area (Å²) in [6.45, 7) is 8.63. The number of fused-ring (bicyclic) bond motifs is 2. The first-order valence-electron chi connectivity index (χ1n) is 8.92. The van der Waals surface area contributed by atoms with Gasteiger partial charge in [0.15, 0.2) is 0 Å². The van der Waals surface area contributed by atoms with Gasteiger partial charge in [-0.15, -0.1) is 11.3 Å². The van der Waals surface area contributed by atoms with E-state index in [1.165, 1.54) is 22.5 Å². The van der Waals surface area contributed by atoms with Crippen molar-refractivity contribution >= 4 is 44.6 Å². The van der Waals surface area contributed by atoms with Crippen molar-refractivity contribution in [2.75, 3.05) is 4.90 Å². The van der Waals surface area contributed by atoms with E-state index in [1.54, 1.807) is 0 Å². The van der Waals surface area contributed by atoms with Crippen molar-refractivity contribution < 1.29 is 4.79 Å². The summed E-state index contributed by atoms with van der Waals surface area (Å²) >= 11 is 8.09. The number of halogens is 1. The zero-order chi connectivity index (χ0) is 18.6. The maximum Gasteiger partial charge on any atom is 0.270 e. The predicted molar refractivity (Wildman–Crippen MR) is 112 cm³/mol. The number of hydrogen-bond donors (Lipinski definition) is 0. The smallest absolute Gasteiger partial charge is 0.270 e. The summed E-state index contributed by atoms with van der Waals surface area (Å²) in [4.78, 5) is 16.2. The van der Waals surface area contributed by atoms with Crippen LogP contribution < -0.4 is 4.90 Å². The minimum Gasteiger partial charge on any atom is -0.302 e. The van der Waals surface area contributed by atoms with Gasteiger partial charge >= 0.3 is 0 Å². The first-order valence-corrected chi connectivity index (χ1v) is 10.1. The Bertz CT molecular complexity index is 1020. The molecular formula is C22H22ClNOS. The van der Waals surface area contributed by atoms with Gasteiger partial charge in [0.25, 0.3) is 5.91 Å². The largest absolute Gasteiger partial charge is 0.302 e. The van der Waals surface area contributed by atoms with E-state index >= 15 is 0 Å². The first-order chi connectivity index (χ1) is 12.3. The summed E-state index contributed by atoms with van der Waals surface area (Å²) in [5.41, 5.74) is 3.22. The molecule has 26 heavy (non-hydrogen) atoms. The van der Waals surface area contributed by atoms with Crippen LogP contribution in [0.3, 0.4) is 0 Å². The quantitative estimate of drug-likeness (QED) is 0.452. The van der Waals surface area contributed by atoms with Crippen molar-refractivity contribution in [1.82, 2.24) is 0 Å². The van der Waals surface area contributed by atoms with Crippen molar-refractivity contribution in [3.05, 3.63) is 63.5 Å². The van der Waals surface area contributed by atoms with Gasteiger partial charge in [0.1, 0.15) is 4.88 Å². The van der Waals surface area contributed by atoms with E-state index in [-0.39, 0.29) is 11.4 Å². The molecule has 3 aromatic rings. The maximum absolute atomic E-state index is 13.6. The fourth-order valence-corrected chi connectivity index (χ4v) is 5.63. The second-order valence-electron chi connectivity index (χ2n) is 7.86. The highest BCUT2D eigenvalue weighted by atomic mass is 35.5. The third-order valence-electron chi connectivity index (χ3n) is 5.30. The Morgan fingerprint density at radius 2 is 1.96 bits per heavy atom. The second-order valence-corrected chi connectivity index (χ2v) is 9.29. The van der Waals surface area contributed by atoms with Crippen LogP contribution in [0.1, 0.15) is 53.9 Å². The van der Waals surface area contributed by atoms with E-state index in [0.29, 0.717) is 15.8 Å². The molecule has 1 aliphatic rings. The van der Waals surface area contributed by atoms with E-state index in [2.05, 4.69) is 45.9 Å². The molecular weight excluding hydrogens is 362 g/mol. The van der Waals surface area contributed by atoms with Gasteiger partial charge in [-0.05, 0) is 50.8 Å². The van der Waals surface area contributed by atoms with Gasteiger partial charge < -0.3 is 4.90 Å². The van der Waals surface area contributed by atoms with E-state index in [1.807, 2.05) is 29.2 Å².